The maximum Gasteiger partial charge on any atom is 0.137 e. The van der Waals surface area contributed by atoms with Gasteiger partial charge in [0.1, 0.15) is 5.82 Å². The summed E-state index contributed by atoms with van der Waals surface area (Å²) in [6.45, 7) is 2.94. The van der Waals surface area contributed by atoms with Gasteiger partial charge in [-0.25, -0.2) is 4.39 Å². The fraction of sp³-hybridized carbons (Fsp3) is 0.294. The van der Waals surface area contributed by atoms with Crippen LogP contribution in [-0.4, -0.2) is 6.04 Å². The van der Waals surface area contributed by atoms with Crippen molar-refractivity contribution in [2.45, 2.75) is 32.4 Å². The maximum atomic E-state index is 13.1. The molecule has 2 aromatic carbocycles. The minimum absolute atomic E-state index is 0.217. The number of rotatable bonds is 6. The first-order chi connectivity index (χ1) is 9.65. The highest BCUT2D eigenvalue weighted by Crippen LogP contribution is 2.17. The molecule has 1 atom stereocenters. The Morgan fingerprint density at radius 3 is 2.55 bits per heavy atom. The second-order valence-electron chi connectivity index (χ2n) is 5.05. The lowest BCUT2D eigenvalue weighted by molar-refractivity contribution is 0.513. The van der Waals surface area contributed by atoms with Crippen LogP contribution in [0.1, 0.15) is 24.5 Å². The molecule has 0 bridgehead atoms. The normalized spacial score (nSPS) is 12.3. The lowest BCUT2D eigenvalue weighted by Crippen LogP contribution is -2.26. The van der Waals surface area contributed by atoms with Crippen LogP contribution in [0.4, 0.5) is 4.39 Å². The fourth-order valence-electron chi connectivity index (χ4n) is 2.07. The first-order valence-electron chi connectivity index (χ1n) is 6.86. The molecule has 0 aliphatic rings. The maximum absolute atomic E-state index is 13.1. The summed E-state index contributed by atoms with van der Waals surface area (Å²) in [5, 5.41) is 3.47. The van der Waals surface area contributed by atoms with E-state index in [0.717, 1.165) is 24.9 Å². The van der Waals surface area contributed by atoms with E-state index >= 15 is 0 Å². The molecule has 0 fully saturated rings. The Morgan fingerprint density at radius 1 is 1.10 bits per heavy atom. The summed E-state index contributed by atoms with van der Waals surface area (Å²) in [5.74, 6) is -0.217. The van der Waals surface area contributed by atoms with E-state index in [1.54, 1.807) is 0 Å². The Hall–Kier alpha value is -1.19. The summed E-state index contributed by atoms with van der Waals surface area (Å²) < 4.78 is 13.7. The van der Waals surface area contributed by atoms with Gasteiger partial charge in [-0.15, -0.1) is 0 Å². The third-order valence-electron chi connectivity index (χ3n) is 3.35. The van der Waals surface area contributed by atoms with E-state index in [1.807, 2.05) is 18.2 Å². The summed E-state index contributed by atoms with van der Waals surface area (Å²) in [7, 11) is 0. The van der Waals surface area contributed by atoms with Crippen molar-refractivity contribution in [1.82, 2.24) is 5.32 Å². The average Bonchev–Trinajstić information content (AvgIpc) is 2.47. The van der Waals surface area contributed by atoms with Crippen LogP contribution in [0.15, 0.2) is 53.0 Å². The van der Waals surface area contributed by atoms with E-state index in [9.17, 15) is 4.39 Å². The second-order valence-corrected chi connectivity index (χ2v) is 5.91. The first-order valence-corrected chi connectivity index (χ1v) is 7.65. The Labute approximate surface area is 128 Å². The van der Waals surface area contributed by atoms with Gasteiger partial charge in [-0.2, -0.15) is 0 Å². The molecule has 0 saturated heterocycles. The van der Waals surface area contributed by atoms with Gasteiger partial charge >= 0.3 is 0 Å². The Kier molecular flexibility index (Phi) is 5.74. The molecule has 0 amide bonds. The fourth-order valence-corrected chi connectivity index (χ4v) is 2.50. The highest BCUT2D eigenvalue weighted by molar-refractivity contribution is 9.10. The lowest BCUT2D eigenvalue weighted by atomic mass is 10.1. The molecular weight excluding hydrogens is 317 g/mol. The van der Waals surface area contributed by atoms with E-state index in [2.05, 4.69) is 52.4 Å². The van der Waals surface area contributed by atoms with Crippen molar-refractivity contribution in [3.63, 3.8) is 0 Å². The largest absolute Gasteiger partial charge is 0.310 e. The van der Waals surface area contributed by atoms with Crippen molar-refractivity contribution < 1.29 is 4.39 Å². The van der Waals surface area contributed by atoms with Gasteiger partial charge in [0.25, 0.3) is 0 Å². The van der Waals surface area contributed by atoms with Gasteiger partial charge in [0.15, 0.2) is 0 Å². The molecule has 0 spiro atoms. The minimum atomic E-state index is -0.217. The highest BCUT2D eigenvalue weighted by Gasteiger charge is 2.04. The van der Waals surface area contributed by atoms with Crippen LogP contribution in [0.3, 0.4) is 0 Å². The van der Waals surface area contributed by atoms with Crippen molar-refractivity contribution in [1.29, 1.82) is 0 Å². The van der Waals surface area contributed by atoms with E-state index in [4.69, 9.17) is 0 Å². The summed E-state index contributed by atoms with van der Waals surface area (Å²) in [5.41, 5.74) is 2.45. The molecular formula is C17H19BrFN. The summed E-state index contributed by atoms with van der Waals surface area (Å²) in [6, 6.07) is 16.1. The molecule has 2 aromatic rings. The van der Waals surface area contributed by atoms with Crippen molar-refractivity contribution in [2.75, 3.05) is 0 Å². The Morgan fingerprint density at radius 2 is 1.85 bits per heavy atom. The number of hydrogen-bond acceptors (Lipinski definition) is 1. The molecule has 0 radical (unpaired) electrons. The third kappa shape index (κ3) is 4.73. The molecule has 1 N–H and O–H groups in total. The van der Waals surface area contributed by atoms with Gasteiger partial charge in [-0.3, -0.25) is 0 Å². The number of halogens is 2. The van der Waals surface area contributed by atoms with Gasteiger partial charge in [0.05, 0.1) is 4.47 Å². The molecule has 3 heteroatoms. The SMILES string of the molecule is CC(CCc1ccccc1)NCc1ccc(F)c(Br)c1. The molecule has 20 heavy (non-hydrogen) atoms. The van der Waals surface area contributed by atoms with Gasteiger partial charge < -0.3 is 5.32 Å². The molecule has 2 rings (SSSR count). The highest BCUT2D eigenvalue weighted by atomic mass is 79.9. The molecule has 0 saturated carbocycles. The molecule has 0 aliphatic heterocycles. The van der Waals surface area contributed by atoms with Crippen molar-refractivity contribution in [2.24, 2.45) is 0 Å². The first kappa shape index (κ1) is 15.2. The molecule has 0 aliphatic carbocycles. The number of aryl methyl sites for hydroxylation is 1. The standard InChI is InChI=1S/C17H19BrFN/c1-13(7-8-14-5-3-2-4-6-14)20-12-15-9-10-17(19)16(18)11-15/h2-6,9-11,13,20H,7-8,12H2,1H3. The van der Waals surface area contributed by atoms with Crippen LogP contribution in [0.25, 0.3) is 0 Å². The quantitative estimate of drug-likeness (QED) is 0.806. The average molecular weight is 336 g/mol. The molecule has 106 valence electrons. The summed E-state index contributed by atoms with van der Waals surface area (Å²) in [6.07, 6.45) is 2.16. The van der Waals surface area contributed by atoms with Crippen molar-refractivity contribution >= 4 is 15.9 Å². The monoisotopic (exact) mass is 335 g/mol. The van der Waals surface area contributed by atoms with Crippen molar-refractivity contribution in [3.05, 3.63) is 69.9 Å². The summed E-state index contributed by atoms with van der Waals surface area (Å²) in [4.78, 5) is 0. The van der Waals surface area contributed by atoms with Crippen molar-refractivity contribution in [3.8, 4) is 0 Å². The van der Waals surface area contributed by atoms with Gasteiger partial charge in [-0.1, -0.05) is 36.4 Å². The van der Waals surface area contributed by atoms with Crippen LogP contribution in [0.2, 0.25) is 0 Å². The number of benzene rings is 2. The zero-order valence-electron chi connectivity index (χ0n) is 11.6. The Bertz CT molecular complexity index is 542. The molecule has 0 aromatic heterocycles. The second kappa shape index (κ2) is 7.55. The van der Waals surface area contributed by atoms with Crippen LogP contribution in [-0.2, 0) is 13.0 Å². The minimum Gasteiger partial charge on any atom is -0.310 e. The lowest BCUT2D eigenvalue weighted by Gasteiger charge is -2.14. The van der Waals surface area contributed by atoms with Crippen LogP contribution in [0.5, 0.6) is 0 Å². The van der Waals surface area contributed by atoms with Gasteiger partial charge in [0, 0.05) is 12.6 Å². The van der Waals surface area contributed by atoms with Crippen LogP contribution < -0.4 is 5.32 Å². The van der Waals surface area contributed by atoms with Gasteiger partial charge in [0.2, 0.25) is 0 Å². The zero-order valence-corrected chi connectivity index (χ0v) is 13.2. The van der Waals surface area contributed by atoms with E-state index in [0.29, 0.717) is 10.5 Å². The molecule has 0 heterocycles. The van der Waals surface area contributed by atoms with E-state index in [1.165, 1.54) is 11.6 Å². The number of nitrogens with one attached hydrogen (secondary N) is 1. The van der Waals surface area contributed by atoms with E-state index < -0.39 is 0 Å². The Balaban J connectivity index is 1.77. The topological polar surface area (TPSA) is 12.0 Å². The smallest absolute Gasteiger partial charge is 0.137 e. The van der Waals surface area contributed by atoms with Crippen LogP contribution >= 0.6 is 15.9 Å². The van der Waals surface area contributed by atoms with Crippen LogP contribution in [0, 0.1) is 5.82 Å². The van der Waals surface area contributed by atoms with E-state index in [-0.39, 0.29) is 5.82 Å². The predicted octanol–water partition coefficient (Wildman–Crippen LogP) is 4.70. The summed E-state index contributed by atoms with van der Waals surface area (Å²) >= 11 is 3.21. The molecule has 1 nitrogen and oxygen atoms in total. The van der Waals surface area contributed by atoms with Gasteiger partial charge in [-0.05, 0) is 59.0 Å². The molecule has 1 unspecified atom stereocenters. The predicted molar refractivity (Wildman–Crippen MR) is 85.2 cm³/mol. The third-order valence-corrected chi connectivity index (χ3v) is 3.96. The number of hydrogen-bond donors (Lipinski definition) is 1. The zero-order chi connectivity index (χ0) is 14.4.